The molecular formula is C12H16F3NO. The molecule has 0 radical (unpaired) electrons. The van der Waals surface area contributed by atoms with E-state index in [4.69, 9.17) is 5.73 Å². The first-order valence-electron chi connectivity index (χ1n) is 5.44. The molecule has 5 heteroatoms. The summed E-state index contributed by atoms with van der Waals surface area (Å²) >= 11 is 0. The van der Waals surface area contributed by atoms with Gasteiger partial charge in [-0.15, -0.1) is 13.2 Å². The van der Waals surface area contributed by atoms with Crippen LogP contribution in [-0.2, 0) is 0 Å². The van der Waals surface area contributed by atoms with Gasteiger partial charge in [0, 0.05) is 6.04 Å². The molecule has 0 amide bonds. The van der Waals surface area contributed by atoms with Crippen molar-refractivity contribution in [1.29, 1.82) is 0 Å². The Morgan fingerprint density at radius 3 is 2.18 bits per heavy atom. The molecular weight excluding hydrogens is 231 g/mol. The average Bonchev–Trinajstić information content (AvgIpc) is 2.26. The van der Waals surface area contributed by atoms with Crippen LogP contribution < -0.4 is 10.5 Å². The van der Waals surface area contributed by atoms with Crippen molar-refractivity contribution >= 4 is 0 Å². The van der Waals surface area contributed by atoms with Gasteiger partial charge in [0.2, 0.25) is 0 Å². The highest BCUT2D eigenvalue weighted by atomic mass is 19.4. The second kappa shape index (κ2) is 5.40. The van der Waals surface area contributed by atoms with Crippen molar-refractivity contribution in [1.82, 2.24) is 0 Å². The molecule has 1 rings (SSSR count). The summed E-state index contributed by atoms with van der Waals surface area (Å²) in [7, 11) is 0. The Labute approximate surface area is 98.6 Å². The van der Waals surface area contributed by atoms with Crippen molar-refractivity contribution in [2.45, 2.75) is 38.6 Å². The molecule has 0 fully saturated rings. The molecule has 0 aliphatic heterocycles. The van der Waals surface area contributed by atoms with Gasteiger partial charge >= 0.3 is 6.36 Å². The first kappa shape index (κ1) is 13.8. The third-order valence-electron chi connectivity index (χ3n) is 2.75. The molecule has 17 heavy (non-hydrogen) atoms. The van der Waals surface area contributed by atoms with E-state index in [2.05, 4.69) is 4.74 Å². The topological polar surface area (TPSA) is 35.2 Å². The molecule has 0 aromatic heterocycles. The van der Waals surface area contributed by atoms with E-state index in [0.29, 0.717) is 0 Å². The molecule has 96 valence electrons. The molecule has 0 bridgehead atoms. The lowest BCUT2D eigenvalue weighted by Gasteiger charge is -2.19. The molecule has 0 aliphatic carbocycles. The van der Waals surface area contributed by atoms with Crippen LogP contribution in [-0.4, -0.2) is 12.4 Å². The highest BCUT2D eigenvalue weighted by Gasteiger charge is 2.31. The molecule has 0 heterocycles. The third kappa shape index (κ3) is 4.26. The van der Waals surface area contributed by atoms with Crippen LogP contribution in [0.25, 0.3) is 0 Å². The Balaban J connectivity index is 2.74. The van der Waals surface area contributed by atoms with E-state index < -0.39 is 6.36 Å². The summed E-state index contributed by atoms with van der Waals surface area (Å²) in [5.74, 6) is -0.0987. The van der Waals surface area contributed by atoms with Gasteiger partial charge in [-0.25, -0.2) is 0 Å². The third-order valence-corrected chi connectivity index (χ3v) is 2.75. The van der Waals surface area contributed by atoms with Gasteiger partial charge in [0.15, 0.2) is 0 Å². The molecule has 2 nitrogen and oxygen atoms in total. The van der Waals surface area contributed by atoms with Crippen LogP contribution in [0.3, 0.4) is 0 Å². The zero-order chi connectivity index (χ0) is 13.1. The van der Waals surface area contributed by atoms with Crippen LogP contribution in [0, 0.1) is 0 Å². The standard InChI is InChI=1S/C12H16F3NO/c1-3-11(16)8(2)9-4-6-10(7-5-9)17-12(13,14)15/h4-8,11H,3,16H2,1-2H3. The fraction of sp³-hybridized carbons (Fsp3) is 0.500. The van der Waals surface area contributed by atoms with Crippen molar-refractivity contribution < 1.29 is 17.9 Å². The summed E-state index contributed by atoms with van der Waals surface area (Å²) < 4.78 is 39.6. The maximum Gasteiger partial charge on any atom is 0.573 e. The van der Waals surface area contributed by atoms with Crippen molar-refractivity contribution in [3.8, 4) is 5.75 Å². The summed E-state index contributed by atoms with van der Waals surface area (Å²) in [5.41, 5.74) is 6.79. The molecule has 2 atom stereocenters. The fourth-order valence-electron chi connectivity index (χ4n) is 1.57. The van der Waals surface area contributed by atoms with Crippen LogP contribution in [0.1, 0.15) is 31.7 Å². The van der Waals surface area contributed by atoms with Gasteiger partial charge in [0.25, 0.3) is 0 Å². The van der Waals surface area contributed by atoms with Gasteiger partial charge in [-0.1, -0.05) is 26.0 Å². The molecule has 0 spiro atoms. The highest BCUT2D eigenvalue weighted by molar-refractivity contribution is 5.30. The number of nitrogens with two attached hydrogens (primary N) is 1. The summed E-state index contributed by atoms with van der Waals surface area (Å²) in [6.45, 7) is 3.93. The number of ether oxygens (including phenoxy) is 1. The maximum atomic E-state index is 11.9. The number of alkyl halides is 3. The van der Waals surface area contributed by atoms with Gasteiger partial charge < -0.3 is 10.5 Å². The number of hydrogen-bond donors (Lipinski definition) is 1. The first-order valence-corrected chi connectivity index (χ1v) is 5.44. The average molecular weight is 247 g/mol. The minimum absolute atomic E-state index is 0.00406. The van der Waals surface area contributed by atoms with E-state index in [9.17, 15) is 13.2 Å². The quantitative estimate of drug-likeness (QED) is 0.884. The molecule has 2 unspecified atom stereocenters. The number of benzene rings is 1. The Morgan fingerprint density at radius 2 is 1.76 bits per heavy atom. The smallest absolute Gasteiger partial charge is 0.406 e. The predicted octanol–water partition coefficient (Wildman–Crippen LogP) is 3.43. The predicted molar refractivity (Wildman–Crippen MR) is 59.8 cm³/mol. The van der Waals surface area contributed by atoms with E-state index in [1.54, 1.807) is 12.1 Å². The molecule has 0 aliphatic rings. The molecule has 1 aromatic rings. The number of rotatable bonds is 4. The molecule has 0 saturated carbocycles. The van der Waals surface area contributed by atoms with Gasteiger partial charge in [0.1, 0.15) is 5.75 Å². The summed E-state index contributed by atoms with van der Waals surface area (Å²) in [5, 5.41) is 0. The zero-order valence-corrected chi connectivity index (χ0v) is 9.79. The van der Waals surface area contributed by atoms with Crippen LogP contribution in [0.15, 0.2) is 24.3 Å². The Bertz CT molecular complexity index is 348. The van der Waals surface area contributed by atoms with Crippen molar-refractivity contribution in [2.75, 3.05) is 0 Å². The van der Waals surface area contributed by atoms with Crippen LogP contribution in [0.4, 0.5) is 13.2 Å². The summed E-state index contributed by atoms with van der Waals surface area (Å²) in [6.07, 6.45) is -3.82. The highest BCUT2D eigenvalue weighted by Crippen LogP contribution is 2.26. The molecule has 2 N–H and O–H groups in total. The summed E-state index contributed by atoms with van der Waals surface area (Å²) in [4.78, 5) is 0. The van der Waals surface area contributed by atoms with E-state index in [1.807, 2.05) is 13.8 Å². The van der Waals surface area contributed by atoms with Gasteiger partial charge in [-0.2, -0.15) is 0 Å². The lowest BCUT2D eigenvalue weighted by molar-refractivity contribution is -0.274. The van der Waals surface area contributed by atoms with Crippen molar-refractivity contribution in [3.05, 3.63) is 29.8 Å². The normalized spacial score (nSPS) is 15.4. The Kier molecular flexibility index (Phi) is 4.40. The van der Waals surface area contributed by atoms with Gasteiger partial charge in [-0.05, 0) is 30.0 Å². The lowest BCUT2D eigenvalue weighted by atomic mass is 9.92. The minimum Gasteiger partial charge on any atom is -0.406 e. The first-order chi connectivity index (χ1) is 7.83. The Hall–Kier alpha value is -1.23. The second-order valence-corrected chi connectivity index (χ2v) is 3.98. The van der Waals surface area contributed by atoms with Crippen LogP contribution in [0.5, 0.6) is 5.75 Å². The largest absolute Gasteiger partial charge is 0.573 e. The monoisotopic (exact) mass is 247 g/mol. The maximum absolute atomic E-state index is 11.9. The van der Waals surface area contributed by atoms with Gasteiger partial charge in [-0.3, -0.25) is 0 Å². The number of hydrogen-bond acceptors (Lipinski definition) is 2. The fourth-order valence-corrected chi connectivity index (χ4v) is 1.57. The van der Waals surface area contributed by atoms with E-state index in [0.717, 1.165) is 12.0 Å². The second-order valence-electron chi connectivity index (χ2n) is 3.98. The SMILES string of the molecule is CCC(N)C(C)c1ccc(OC(F)(F)F)cc1. The van der Waals surface area contributed by atoms with Crippen LogP contribution >= 0.6 is 0 Å². The van der Waals surface area contributed by atoms with E-state index in [-0.39, 0.29) is 17.7 Å². The van der Waals surface area contributed by atoms with Crippen molar-refractivity contribution in [2.24, 2.45) is 5.73 Å². The summed E-state index contributed by atoms with van der Waals surface area (Å²) in [6, 6.07) is 5.84. The van der Waals surface area contributed by atoms with Gasteiger partial charge in [0.05, 0.1) is 0 Å². The van der Waals surface area contributed by atoms with Crippen LogP contribution in [0.2, 0.25) is 0 Å². The van der Waals surface area contributed by atoms with E-state index in [1.165, 1.54) is 12.1 Å². The number of halogens is 3. The Morgan fingerprint density at radius 1 is 1.24 bits per heavy atom. The van der Waals surface area contributed by atoms with E-state index >= 15 is 0 Å². The zero-order valence-electron chi connectivity index (χ0n) is 9.79. The molecule has 1 aromatic carbocycles. The lowest BCUT2D eigenvalue weighted by Crippen LogP contribution is -2.25. The molecule has 0 saturated heterocycles. The minimum atomic E-state index is -4.65. The van der Waals surface area contributed by atoms with Crippen molar-refractivity contribution in [3.63, 3.8) is 0 Å².